The van der Waals surface area contributed by atoms with Gasteiger partial charge in [-0.25, -0.2) is 4.98 Å². The van der Waals surface area contributed by atoms with E-state index in [1.165, 1.54) is 5.56 Å². The Labute approximate surface area is 287 Å². The molecule has 1 fully saturated rings. The minimum atomic E-state index is -0.142. The Balaban J connectivity index is 0.000000713. The molecule has 1 aromatic heterocycles. The van der Waals surface area contributed by atoms with E-state index in [1.54, 1.807) is 25.3 Å². The van der Waals surface area contributed by atoms with Crippen molar-refractivity contribution in [1.29, 1.82) is 0 Å². The average molecular weight is 657 g/mol. The summed E-state index contributed by atoms with van der Waals surface area (Å²) < 4.78 is 4.67. The summed E-state index contributed by atoms with van der Waals surface area (Å²) in [5.74, 6) is 0.704. The summed E-state index contributed by atoms with van der Waals surface area (Å²) in [6.45, 7) is 22.7. The highest BCUT2D eigenvalue weighted by atomic mass is 16.5. The third-order valence-corrected chi connectivity index (χ3v) is 7.78. The van der Waals surface area contributed by atoms with Gasteiger partial charge in [-0.3, -0.25) is 14.7 Å². The molecule has 2 aromatic carbocycles. The van der Waals surface area contributed by atoms with Gasteiger partial charge in [-0.15, -0.1) is 6.58 Å². The van der Waals surface area contributed by atoms with Gasteiger partial charge in [0.2, 0.25) is 0 Å². The number of amides is 1. The van der Waals surface area contributed by atoms with Crippen molar-refractivity contribution < 1.29 is 14.6 Å². The van der Waals surface area contributed by atoms with E-state index in [2.05, 4.69) is 79.4 Å². The normalized spacial score (nSPS) is 16.7. The molecule has 260 valence electrons. The number of carbonyl (C=O) groups excluding carboxylic acids is 1. The van der Waals surface area contributed by atoms with E-state index < -0.39 is 0 Å². The molecule has 1 amide bonds. The van der Waals surface area contributed by atoms with Gasteiger partial charge in [0.25, 0.3) is 5.91 Å². The Kier molecular flexibility index (Phi) is 17.9. The predicted molar refractivity (Wildman–Crippen MR) is 201 cm³/mol. The summed E-state index contributed by atoms with van der Waals surface area (Å²) in [5.41, 5.74) is 5.03. The van der Waals surface area contributed by atoms with Crippen molar-refractivity contribution in [2.24, 2.45) is 10.9 Å². The molecule has 3 N–H and O–H groups in total. The van der Waals surface area contributed by atoms with Crippen LogP contribution in [0.5, 0.6) is 0 Å². The second kappa shape index (κ2) is 21.5. The minimum absolute atomic E-state index is 0.0509. The van der Waals surface area contributed by atoms with Crippen LogP contribution in [0.15, 0.2) is 90.2 Å². The van der Waals surface area contributed by atoms with Gasteiger partial charge in [0.05, 0.1) is 16.6 Å². The monoisotopic (exact) mass is 656 g/mol. The molecule has 0 saturated carbocycles. The summed E-state index contributed by atoms with van der Waals surface area (Å²) in [5, 5.41) is 13.6. The van der Waals surface area contributed by atoms with E-state index in [9.17, 15) is 9.90 Å². The van der Waals surface area contributed by atoms with Crippen molar-refractivity contribution in [3.8, 4) is 0 Å². The molecule has 9 nitrogen and oxygen atoms in total. The molecule has 1 saturated heterocycles. The maximum Gasteiger partial charge on any atom is 0.251 e. The lowest BCUT2D eigenvalue weighted by atomic mass is 10.0. The average Bonchev–Trinajstić information content (AvgIpc) is 3.46. The number of nitrogens with one attached hydrogen (secondary N) is 2. The van der Waals surface area contributed by atoms with Crippen LogP contribution in [-0.4, -0.2) is 84.1 Å². The molecule has 0 bridgehead atoms. The van der Waals surface area contributed by atoms with Gasteiger partial charge in [0.1, 0.15) is 17.8 Å². The third-order valence-electron chi connectivity index (χ3n) is 7.78. The second-order valence-corrected chi connectivity index (χ2v) is 11.1. The highest BCUT2D eigenvalue weighted by Crippen LogP contribution is 2.27. The maximum atomic E-state index is 12.9. The van der Waals surface area contributed by atoms with E-state index >= 15 is 0 Å². The van der Waals surface area contributed by atoms with Gasteiger partial charge >= 0.3 is 0 Å². The lowest BCUT2D eigenvalue weighted by molar-refractivity contribution is 0.0951. The Bertz CT molecular complexity index is 1510. The van der Waals surface area contributed by atoms with Crippen LogP contribution in [0.3, 0.4) is 0 Å². The van der Waals surface area contributed by atoms with E-state index in [4.69, 9.17) is 0 Å². The Morgan fingerprint density at radius 1 is 1.12 bits per heavy atom. The Morgan fingerprint density at radius 2 is 1.79 bits per heavy atom. The first-order chi connectivity index (χ1) is 23.3. The second-order valence-electron chi connectivity index (χ2n) is 11.1. The highest BCUT2D eigenvalue weighted by Gasteiger charge is 2.17. The lowest BCUT2D eigenvalue weighted by Gasteiger charge is -2.32. The van der Waals surface area contributed by atoms with E-state index in [0.717, 1.165) is 55.7 Å². The van der Waals surface area contributed by atoms with Gasteiger partial charge in [0, 0.05) is 51.9 Å². The number of hydrogen-bond acceptors (Lipinski definition) is 7. The Morgan fingerprint density at radius 3 is 2.40 bits per heavy atom. The van der Waals surface area contributed by atoms with Gasteiger partial charge in [-0.1, -0.05) is 76.3 Å². The number of allylic oxidation sites excluding steroid dienone is 6. The first-order valence-corrected chi connectivity index (χ1v) is 17.0. The third kappa shape index (κ3) is 12.4. The number of nitrogens with zero attached hydrogens (tertiary/aromatic N) is 4. The molecule has 9 heteroatoms. The van der Waals surface area contributed by atoms with Crippen LogP contribution in [0.2, 0.25) is 0 Å². The van der Waals surface area contributed by atoms with Crippen molar-refractivity contribution in [2.45, 2.75) is 60.4 Å². The molecule has 2 atom stereocenters. The van der Waals surface area contributed by atoms with Crippen molar-refractivity contribution in [3.05, 3.63) is 108 Å². The highest BCUT2D eigenvalue weighted by molar-refractivity contribution is 5.97. The summed E-state index contributed by atoms with van der Waals surface area (Å²) in [6.07, 6.45) is 10.1. The van der Waals surface area contributed by atoms with Gasteiger partial charge < -0.3 is 25.0 Å². The summed E-state index contributed by atoms with van der Waals surface area (Å²) >= 11 is 0. The van der Waals surface area contributed by atoms with E-state index in [1.807, 2.05) is 65.0 Å². The zero-order chi connectivity index (χ0) is 35.5. The summed E-state index contributed by atoms with van der Waals surface area (Å²) in [7, 11) is 3.77. The number of aromatic amines is 1. The number of aliphatic hydroxyl groups excluding tert-OH is 1. The molecule has 2 aliphatic rings. The number of carbonyl (C=O) groups is 1. The molecule has 1 aliphatic heterocycles. The fraction of sp³-hybridized carbons (Fsp3) is 0.410. The standard InChI is InChI=1S/C31H35N5O2.C4H9NO.2C2H6/c1-3-5-22-6-4-7-29(37)26(18-22)30-33-27-13-12-25(19-28(27)34-30)31(38)32-20-23-8-10-24(11-9-23)21-36-16-14-35(2)15-17-36;1-4(5-2)6-3;2*1-2/h3-4,6-13,18-19,22,37H,1,5,14-17,20-21H2,2H3,(H,32,38)(H,33,34);4H,2H2,1,3H3;2*1-2H3. The lowest BCUT2D eigenvalue weighted by Crippen LogP contribution is -2.43. The largest absolute Gasteiger partial charge is 0.507 e. The van der Waals surface area contributed by atoms with Crippen LogP contribution in [0.25, 0.3) is 16.6 Å². The fourth-order valence-electron chi connectivity index (χ4n) is 4.94. The van der Waals surface area contributed by atoms with Gasteiger partial charge in [0.15, 0.2) is 0 Å². The number of rotatable bonds is 10. The molecule has 2 unspecified atom stereocenters. The van der Waals surface area contributed by atoms with E-state index in [-0.39, 0.29) is 23.8 Å². The topological polar surface area (TPSA) is 106 Å². The van der Waals surface area contributed by atoms with Crippen LogP contribution in [-0.2, 0) is 17.8 Å². The number of piperazine rings is 1. The number of aliphatic hydroxyl groups is 1. The number of benzene rings is 2. The van der Waals surface area contributed by atoms with E-state index in [0.29, 0.717) is 23.5 Å². The number of methoxy groups -OCH3 is 1. The molecule has 0 radical (unpaired) electrons. The number of likely N-dealkylation sites (N-methyl/N-ethyl adjacent to an activating group) is 1. The number of ether oxygens (including phenoxy) is 1. The fourth-order valence-corrected chi connectivity index (χ4v) is 4.94. The quantitative estimate of drug-likeness (QED) is 0.154. The SMILES string of the molecule is C=CCC1C=CC=C(O)C(c2nc3ccc(C(=O)NCc4ccc(CN5CCN(C)CC5)cc4)cc3[nH]2)=C1.C=NC(C)OC.CC.CC. The van der Waals surface area contributed by atoms with Crippen molar-refractivity contribution in [2.75, 3.05) is 40.3 Å². The number of H-pyrrole nitrogens is 1. The molecular weight excluding hydrogens is 600 g/mol. The Hall–Kier alpha value is -4.31. The predicted octanol–water partition coefficient (Wildman–Crippen LogP) is 7.56. The van der Waals surface area contributed by atoms with Gasteiger partial charge in [-0.05, 0) is 68.4 Å². The van der Waals surface area contributed by atoms with Crippen LogP contribution in [0.4, 0.5) is 0 Å². The molecule has 2 heterocycles. The number of fused-ring (bicyclic) bond motifs is 1. The van der Waals surface area contributed by atoms with Gasteiger partial charge in [-0.2, -0.15) is 0 Å². The minimum Gasteiger partial charge on any atom is -0.507 e. The van der Waals surface area contributed by atoms with Crippen LogP contribution >= 0.6 is 0 Å². The summed E-state index contributed by atoms with van der Waals surface area (Å²) in [4.78, 5) is 29.2. The smallest absolute Gasteiger partial charge is 0.251 e. The number of imidazole rings is 1. The molecule has 0 spiro atoms. The zero-order valence-corrected chi connectivity index (χ0v) is 30.0. The van der Waals surface area contributed by atoms with Crippen molar-refractivity contribution in [3.63, 3.8) is 0 Å². The first-order valence-electron chi connectivity index (χ1n) is 17.0. The van der Waals surface area contributed by atoms with Crippen LogP contribution in [0.1, 0.15) is 68.3 Å². The van der Waals surface area contributed by atoms with Crippen LogP contribution < -0.4 is 5.32 Å². The number of aromatic nitrogens is 2. The zero-order valence-electron chi connectivity index (χ0n) is 30.0. The number of hydrogen-bond donors (Lipinski definition) is 3. The molecule has 1 aliphatic carbocycles. The molecule has 3 aromatic rings. The van der Waals surface area contributed by atoms with Crippen molar-refractivity contribution >= 4 is 29.2 Å². The van der Waals surface area contributed by atoms with Crippen LogP contribution in [0, 0.1) is 5.92 Å². The molecule has 48 heavy (non-hydrogen) atoms. The number of aliphatic imine (C=N–C) groups is 1. The molecule has 5 rings (SSSR count). The van der Waals surface area contributed by atoms with Crippen molar-refractivity contribution in [1.82, 2.24) is 25.1 Å². The molecular formula is C39H56N6O3. The first kappa shape index (κ1) is 39.9. The summed E-state index contributed by atoms with van der Waals surface area (Å²) in [6, 6.07) is 13.9. The maximum absolute atomic E-state index is 12.9.